The number of benzene rings is 1. The zero-order valence-electron chi connectivity index (χ0n) is 13.2. The molecule has 1 amide bonds. The summed E-state index contributed by atoms with van der Waals surface area (Å²) in [4.78, 5) is 12.2. The predicted octanol–water partition coefficient (Wildman–Crippen LogP) is 1.89. The molecule has 6 nitrogen and oxygen atoms in total. The van der Waals surface area contributed by atoms with Gasteiger partial charge >= 0.3 is 0 Å². The molecule has 1 aromatic carbocycles. The second kappa shape index (κ2) is 7.61. The highest BCUT2D eigenvalue weighted by Gasteiger charge is 2.29. The molecule has 0 aliphatic carbocycles. The van der Waals surface area contributed by atoms with Crippen molar-refractivity contribution in [1.29, 1.82) is 0 Å². The van der Waals surface area contributed by atoms with E-state index in [0.717, 1.165) is 12.8 Å². The van der Waals surface area contributed by atoms with Gasteiger partial charge in [0.1, 0.15) is 4.90 Å². The summed E-state index contributed by atoms with van der Waals surface area (Å²) in [7, 11) is -2.12. The highest BCUT2D eigenvalue weighted by atomic mass is 35.5. The van der Waals surface area contributed by atoms with E-state index >= 15 is 0 Å². The van der Waals surface area contributed by atoms with E-state index in [1.807, 2.05) is 0 Å². The van der Waals surface area contributed by atoms with E-state index in [-0.39, 0.29) is 27.4 Å². The van der Waals surface area contributed by atoms with Gasteiger partial charge in [0.25, 0.3) is 5.91 Å². The quantitative estimate of drug-likeness (QED) is 0.840. The van der Waals surface area contributed by atoms with Crippen molar-refractivity contribution >= 4 is 27.5 Å². The molecule has 23 heavy (non-hydrogen) atoms. The van der Waals surface area contributed by atoms with E-state index in [0.29, 0.717) is 19.7 Å². The number of carbonyl (C=O) groups excluding carboxylic acids is 1. The lowest BCUT2D eigenvalue weighted by Crippen LogP contribution is -2.35. The third-order valence-electron chi connectivity index (χ3n) is 3.67. The van der Waals surface area contributed by atoms with Crippen LogP contribution in [0.2, 0.25) is 5.02 Å². The minimum Gasteiger partial charge on any atom is -0.383 e. The molecule has 0 spiro atoms. The average molecular weight is 361 g/mol. The number of hydrogen-bond acceptors (Lipinski definition) is 4. The number of carbonyl (C=O) groups is 1. The molecule has 1 saturated heterocycles. The Labute approximate surface area is 141 Å². The summed E-state index contributed by atoms with van der Waals surface area (Å²) in [5.41, 5.74) is 0.259. The molecule has 1 aliphatic rings. The zero-order valence-corrected chi connectivity index (χ0v) is 14.8. The SMILES string of the molecule is COCC(C)NC(=O)c1ccc(Cl)c(S(=O)(=O)N2CCCC2)c1. The Bertz CT molecular complexity index is 672. The molecule has 1 aromatic rings. The summed E-state index contributed by atoms with van der Waals surface area (Å²) in [6.07, 6.45) is 1.68. The standard InChI is InChI=1S/C15H21ClN2O4S/c1-11(10-22-2)17-15(19)12-5-6-13(16)14(9-12)23(20,21)18-7-3-4-8-18/h5-6,9,11H,3-4,7-8,10H2,1-2H3,(H,17,19). The maximum atomic E-state index is 12.6. The fourth-order valence-corrected chi connectivity index (χ4v) is 4.53. The molecule has 1 heterocycles. The van der Waals surface area contributed by atoms with Gasteiger partial charge in [0.2, 0.25) is 10.0 Å². The van der Waals surface area contributed by atoms with Crippen LogP contribution in [0.3, 0.4) is 0 Å². The van der Waals surface area contributed by atoms with Gasteiger partial charge in [-0.2, -0.15) is 4.31 Å². The Morgan fingerprint density at radius 3 is 2.65 bits per heavy atom. The minimum absolute atomic E-state index is 0.0203. The zero-order chi connectivity index (χ0) is 17.0. The van der Waals surface area contributed by atoms with E-state index in [1.54, 1.807) is 14.0 Å². The fourth-order valence-electron chi connectivity index (χ4n) is 2.51. The van der Waals surface area contributed by atoms with Crippen LogP contribution in [0, 0.1) is 0 Å². The third-order valence-corrected chi connectivity index (χ3v) is 6.05. The first-order chi connectivity index (χ1) is 10.9. The molecule has 1 N–H and O–H groups in total. The van der Waals surface area contributed by atoms with Crippen molar-refractivity contribution in [1.82, 2.24) is 9.62 Å². The van der Waals surface area contributed by atoms with E-state index in [2.05, 4.69) is 5.32 Å². The van der Waals surface area contributed by atoms with Crippen molar-refractivity contribution in [3.63, 3.8) is 0 Å². The lowest BCUT2D eigenvalue weighted by Gasteiger charge is -2.18. The Morgan fingerprint density at radius 1 is 1.39 bits per heavy atom. The number of halogens is 1. The van der Waals surface area contributed by atoms with Gasteiger partial charge in [-0.25, -0.2) is 8.42 Å². The third kappa shape index (κ3) is 4.23. The molecule has 1 atom stereocenters. The average Bonchev–Trinajstić information content (AvgIpc) is 3.02. The van der Waals surface area contributed by atoms with Gasteiger partial charge in [-0.05, 0) is 38.0 Å². The van der Waals surface area contributed by atoms with E-state index in [4.69, 9.17) is 16.3 Å². The van der Waals surface area contributed by atoms with Gasteiger partial charge < -0.3 is 10.1 Å². The van der Waals surface area contributed by atoms with Gasteiger partial charge in [-0.1, -0.05) is 11.6 Å². The monoisotopic (exact) mass is 360 g/mol. The summed E-state index contributed by atoms with van der Waals surface area (Å²) in [5.74, 6) is -0.357. The van der Waals surface area contributed by atoms with Crippen LogP contribution in [0.5, 0.6) is 0 Å². The summed E-state index contributed by atoms with van der Waals surface area (Å²) in [5, 5.41) is 2.87. The Morgan fingerprint density at radius 2 is 2.04 bits per heavy atom. The number of sulfonamides is 1. The van der Waals surface area contributed by atoms with Crippen LogP contribution in [0.25, 0.3) is 0 Å². The molecular weight excluding hydrogens is 340 g/mol. The molecule has 0 saturated carbocycles. The lowest BCUT2D eigenvalue weighted by atomic mass is 10.2. The van der Waals surface area contributed by atoms with Crippen molar-refractivity contribution in [3.05, 3.63) is 28.8 Å². The Hall–Kier alpha value is -1.15. The van der Waals surface area contributed by atoms with Crippen molar-refractivity contribution in [2.75, 3.05) is 26.8 Å². The van der Waals surface area contributed by atoms with Crippen molar-refractivity contribution in [2.45, 2.75) is 30.7 Å². The van der Waals surface area contributed by atoms with Crippen molar-refractivity contribution in [2.24, 2.45) is 0 Å². The van der Waals surface area contributed by atoms with Crippen LogP contribution < -0.4 is 5.32 Å². The molecule has 128 valence electrons. The number of hydrogen-bond donors (Lipinski definition) is 1. The largest absolute Gasteiger partial charge is 0.383 e. The predicted molar refractivity (Wildman–Crippen MR) is 88.2 cm³/mol. The van der Waals surface area contributed by atoms with Gasteiger partial charge in [-0.3, -0.25) is 4.79 Å². The maximum absolute atomic E-state index is 12.6. The Kier molecular flexibility index (Phi) is 6.02. The first-order valence-corrected chi connectivity index (χ1v) is 9.27. The molecular formula is C15H21ClN2O4S. The van der Waals surface area contributed by atoms with E-state index in [9.17, 15) is 13.2 Å². The second-order valence-corrected chi connectivity index (χ2v) is 7.90. The van der Waals surface area contributed by atoms with E-state index < -0.39 is 10.0 Å². The van der Waals surface area contributed by atoms with Crippen LogP contribution >= 0.6 is 11.6 Å². The van der Waals surface area contributed by atoms with E-state index in [1.165, 1.54) is 22.5 Å². The lowest BCUT2D eigenvalue weighted by molar-refractivity contribution is 0.0905. The molecule has 0 bridgehead atoms. The summed E-state index contributed by atoms with van der Waals surface area (Å²) in [6.45, 7) is 3.15. The van der Waals surface area contributed by atoms with Gasteiger partial charge in [0.15, 0.2) is 0 Å². The fraction of sp³-hybridized carbons (Fsp3) is 0.533. The van der Waals surface area contributed by atoms with Crippen LogP contribution in [0.4, 0.5) is 0 Å². The first kappa shape index (κ1) is 18.2. The van der Waals surface area contributed by atoms with Crippen LogP contribution in [-0.4, -0.2) is 51.5 Å². The highest BCUT2D eigenvalue weighted by Crippen LogP contribution is 2.28. The van der Waals surface area contributed by atoms with Gasteiger partial charge in [0, 0.05) is 31.8 Å². The second-order valence-electron chi connectivity index (χ2n) is 5.59. The van der Waals surface area contributed by atoms with Gasteiger partial charge in [-0.15, -0.1) is 0 Å². The maximum Gasteiger partial charge on any atom is 0.251 e. The molecule has 0 radical (unpaired) electrons. The molecule has 2 rings (SSSR count). The number of amides is 1. The number of ether oxygens (including phenoxy) is 1. The topological polar surface area (TPSA) is 75.7 Å². The van der Waals surface area contributed by atoms with Crippen LogP contribution in [-0.2, 0) is 14.8 Å². The van der Waals surface area contributed by atoms with Crippen molar-refractivity contribution in [3.8, 4) is 0 Å². The summed E-state index contributed by atoms with van der Waals surface area (Å²) >= 11 is 6.06. The number of methoxy groups -OCH3 is 1. The van der Waals surface area contributed by atoms with Gasteiger partial charge in [0.05, 0.1) is 11.6 Å². The number of nitrogens with zero attached hydrogens (tertiary/aromatic N) is 1. The van der Waals surface area contributed by atoms with Crippen LogP contribution in [0.15, 0.2) is 23.1 Å². The molecule has 0 aromatic heterocycles. The number of rotatable bonds is 6. The summed E-state index contributed by atoms with van der Waals surface area (Å²) in [6, 6.07) is 4.12. The first-order valence-electron chi connectivity index (χ1n) is 7.45. The van der Waals surface area contributed by atoms with Crippen LogP contribution in [0.1, 0.15) is 30.1 Å². The normalized spacial score (nSPS) is 17.2. The molecule has 1 fully saturated rings. The smallest absolute Gasteiger partial charge is 0.251 e. The number of nitrogens with one attached hydrogen (secondary N) is 1. The highest BCUT2D eigenvalue weighted by molar-refractivity contribution is 7.89. The molecule has 1 aliphatic heterocycles. The van der Waals surface area contributed by atoms with Crippen molar-refractivity contribution < 1.29 is 17.9 Å². The molecule has 1 unspecified atom stereocenters. The minimum atomic E-state index is -3.67. The molecule has 8 heteroatoms. The Balaban J connectivity index is 2.27. The summed E-state index contributed by atoms with van der Waals surface area (Å²) < 4.78 is 31.7.